The van der Waals surface area contributed by atoms with Crippen LogP contribution in [0.3, 0.4) is 0 Å². The van der Waals surface area contributed by atoms with Crippen molar-refractivity contribution in [2.45, 2.75) is 52.2 Å². The summed E-state index contributed by atoms with van der Waals surface area (Å²) in [5, 5.41) is 17.2. The summed E-state index contributed by atoms with van der Waals surface area (Å²) in [6.45, 7) is 19.0. The zero-order chi connectivity index (χ0) is 40.5. The van der Waals surface area contributed by atoms with Gasteiger partial charge in [-0.25, -0.2) is 19.3 Å². The zero-order valence-corrected chi connectivity index (χ0v) is 33.7. The van der Waals surface area contributed by atoms with Gasteiger partial charge in [-0.15, -0.1) is 6.58 Å². The quantitative estimate of drug-likeness (QED) is 0.0658. The number of nitrogens with one attached hydrogen (secondary N) is 2. The number of hydrogen-bond acceptors (Lipinski definition) is 13. The molecule has 1 aromatic carbocycles. The number of aromatic nitrogens is 5. The van der Waals surface area contributed by atoms with Gasteiger partial charge in [-0.1, -0.05) is 19.1 Å². The molecule has 1 aliphatic heterocycles. The van der Waals surface area contributed by atoms with E-state index in [9.17, 15) is 14.7 Å². The van der Waals surface area contributed by atoms with Crippen LogP contribution in [0.15, 0.2) is 66.1 Å². The van der Waals surface area contributed by atoms with Gasteiger partial charge in [0.25, 0.3) is 5.56 Å². The fourth-order valence-electron chi connectivity index (χ4n) is 6.29. The molecular formula is C41H59N9O7. The van der Waals surface area contributed by atoms with Gasteiger partial charge in [0, 0.05) is 63.3 Å². The largest absolute Gasteiger partial charge is 0.384 e. The van der Waals surface area contributed by atoms with E-state index in [4.69, 9.17) is 23.9 Å². The number of amides is 1. The van der Waals surface area contributed by atoms with Crippen molar-refractivity contribution < 1.29 is 28.8 Å². The lowest BCUT2D eigenvalue weighted by Crippen LogP contribution is -2.47. The van der Waals surface area contributed by atoms with Gasteiger partial charge in [0.1, 0.15) is 11.0 Å². The van der Waals surface area contributed by atoms with Crippen LogP contribution in [0.25, 0.3) is 16.9 Å². The van der Waals surface area contributed by atoms with Crippen molar-refractivity contribution in [3.8, 4) is 5.82 Å². The first-order chi connectivity index (χ1) is 27.7. The highest BCUT2D eigenvalue weighted by Crippen LogP contribution is 2.24. The van der Waals surface area contributed by atoms with Crippen LogP contribution in [-0.4, -0.2) is 132 Å². The third kappa shape index (κ3) is 13.2. The molecule has 0 bridgehead atoms. The summed E-state index contributed by atoms with van der Waals surface area (Å²) in [6.07, 6.45) is 5.39. The van der Waals surface area contributed by atoms with E-state index in [1.54, 1.807) is 42.8 Å². The SMILES string of the molecule is C=CCn1c(=O)c2cnc(Nc3ccc(N4CCN(CCCNC(=O)CCOCCOCCOCCOCCC)CC4)cc3)nc2n1-c1cccc(C(C)(C)O)n1. The molecule has 1 amide bonds. The third-order valence-electron chi connectivity index (χ3n) is 9.33. The molecular weight excluding hydrogens is 731 g/mol. The van der Waals surface area contributed by atoms with Gasteiger partial charge in [-0.05, 0) is 69.6 Å². The predicted octanol–water partition coefficient (Wildman–Crippen LogP) is 3.63. The third-order valence-corrected chi connectivity index (χ3v) is 9.33. The van der Waals surface area contributed by atoms with Gasteiger partial charge in [-0.3, -0.25) is 14.5 Å². The summed E-state index contributed by atoms with van der Waals surface area (Å²) in [7, 11) is 0. The highest BCUT2D eigenvalue weighted by Gasteiger charge is 2.22. The number of anilines is 3. The first-order valence-electron chi connectivity index (χ1n) is 19.9. The van der Waals surface area contributed by atoms with Crippen molar-refractivity contribution >= 4 is 34.3 Å². The summed E-state index contributed by atoms with van der Waals surface area (Å²) in [5.74, 6) is 0.778. The average Bonchev–Trinajstić information content (AvgIpc) is 3.48. The summed E-state index contributed by atoms with van der Waals surface area (Å²) < 4.78 is 24.9. The monoisotopic (exact) mass is 789 g/mol. The summed E-state index contributed by atoms with van der Waals surface area (Å²) >= 11 is 0. The predicted molar refractivity (Wildman–Crippen MR) is 221 cm³/mol. The van der Waals surface area contributed by atoms with Gasteiger partial charge in [-0.2, -0.15) is 4.98 Å². The number of rotatable bonds is 25. The Bertz CT molecular complexity index is 1900. The second-order valence-corrected chi connectivity index (χ2v) is 14.3. The molecule has 310 valence electrons. The number of hydrogen-bond donors (Lipinski definition) is 3. The maximum Gasteiger partial charge on any atom is 0.278 e. The Balaban J connectivity index is 1.00. The van der Waals surface area contributed by atoms with Gasteiger partial charge in [0.05, 0.1) is 58.5 Å². The van der Waals surface area contributed by atoms with E-state index in [-0.39, 0.29) is 18.0 Å². The molecule has 0 unspecified atom stereocenters. The lowest BCUT2D eigenvalue weighted by atomic mass is 10.1. The Hall–Kier alpha value is -4.71. The van der Waals surface area contributed by atoms with E-state index in [0.717, 1.165) is 63.5 Å². The number of benzene rings is 1. The number of piperazine rings is 1. The molecule has 0 aliphatic carbocycles. The Morgan fingerprint density at radius 3 is 2.23 bits per heavy atom. The van der Waals surface area contributed by atoms with Crippen LogP contribution >= 0.6 is 0 Å². The molecule has 1 saturated heterocycles. The topological polar surface area (TPSA) is 170 Å². The van der Waals surface area contributed by atoms with Crippen molar-refractivity contribution in [3.63, 3.8) is 0 Å². The molecule has 16 nitrogen and oxygen atoms in total. The molecule has 3 N–H and O–H groups in total. The number of fused-ring (bicyclic) bond motifs is 1. The van der Waals surface area contributed by atoms with Crippen LogP contribution in [-0.2, 0) is 35.9 Å². The Morgan fingerprint density at radius 2 is 1.58 bits per heavy atom. The average molecular weight is 790 g/mol. The Labute approximate surface area is 334 Å². The number of pyridine rings is 1. The Morgan fingerprint density at radius 1 is 0.912 bits per heavy atom. The number of carbonyl (C=O) groups is 1. The lowest BCUT2D eigenvalue weighted by molar-refractivity contribution is -0.122. The van der Waals surface area contributed by atoms with Gasteiger partial charge in [0.15, 0.2) is 11.5 Å². The molecule has 3 aromatic heterocycles. The molecule has 4 aromatic rings. The van der Waals surface area contributed by atoms with E-state index in [2.05, 4.69) is 56.0 Å². The van der Waals surface area contributed by atoms with E-state index < -0.39 is 5.60 Å². The van der Waals surface area contributed by atoms with Crippen LogP contribution in [0.2, 0.25) is 0 Å². The second-order valence-electron chi connectivity index (χ2n) is 14.3. The van der Waals surface area contributed by atoms with E-state index in [1.165, 1.54) is 10.9 Å². The van der Waals surface area contributed by atoms with Crippen molar-refractivity contribution in [3.05, 3.63) is 77.4 Å². The lowest BCUT2D eigenvalue weighted by Gasteiger charge is -2.36. The minimum atomic E-state index is -1.17. The molecule has 5 rings (SSSR count). The van der Waals surface area contributed by atoms with E-state index in [1.807, 2.05) is 12.1 Å². The Kier molecular flexibility index (Phi) is 17.0. The van der Waals surface area contributed by atoms with Crippen LogP contribution < -0.4 is 21.1 Å². The van der Waals surface area contributed by atoms with Crippen LogP contribution in [0.4, 0.5) is 17.3 Å². The first kappa shape index (κ1) is 43.4. The molecule has 1 aliphatic rings. The normalized spacial score (nSPS) is 13.6. The highest BCUT2D eigenvalue weighted by molar-refractivity contribution is 5.77. The van der Waals surface area contributed by atoms with Gasteiger partial charge in [0.2, 0.25) is 11.9 Å². The maximum absolute atomic E-state index is 13.3. The van der Waals surface area contributed by atoms with Crippen LogP contribution in [0, 0.1) is 0 Å². The zero-order valence-electron chi connectivity index (χ0n) is 33.7. The number of ether oxygens (including phenoxy) is 4. The maximum atomic E-state index is 13.3. The number of nitrogens with zero attached hydrogens (tertiary/aromatic N) is 7. The fraction of sp³-hybridized carbons (Fsp3) is 0.537. The standard InChI is InChI=1S/C41H59N9O7/c1-5-17-49-39(52)34-31-43-40(46-38(34)50(49)36-10-7-9-35(45-36)41(3,4)53)44-32-11-13-33(14-12-32)48-21-19-47(20-22-48)18-8-16-42-37(51)15-24-55-26-28-57-30-29-56-27-25-54-23-6-2/h5,7,9-14,31,53H,1,6,8,15-30H2,2-4H3,(H,42,51)(H,43,44,46). The highest BCUT2D eigenvalue weighted by atomic mass is 16.6. The van der Waals surface area contributed by atoms with Crippen molar-refractivity contribution in [2.75, 3.05) is 102 Å². The van der Waals surface area contributed by atoms with E-state index >= 15 is 0 Å². The summed E-state index contributed by atoms with van der Waals surface area (Å²) in [5.41, 5.74) is 1.36. The number of aliphatic hydroxyl groups is 1. The van der Waals surface area contributed by atoms with E-state index in [0.29, 0.717) is 87.7 Å². The first-order valence-corrected chi connectivity index (χ1v) is 19.9. The van der Waals surface area contributed by atoms with Gasteiger partial charge >= 0.3 is 0 Å². The van der Waals surface area contributed by atoms with Gasteiger partial charge < -0.3 is 39.6 Å². The molecule has 1 fully saturated rings. The van der Waals surface area contributed by atoms with Crippen LogP contribution in [0.1, 0.15) is 45.7 Å². The smallest absolute Gasteiger partial charge is 0.278 e. The molecule has 16 heteroatoms. The molecule has 0 radical (unpaired) electrons. The minimum Gasteiger partial charge on any atom is -0.384 e. The minimum absolute atomic E-state index is 0.00152. The molecule has 57 heavy (non-hydrogen) atoms. The molecule has 0 saturated carbocycles. The molecule has 4 heterocycles. The van der Waals surface area contributed by atoms with Crippen LogP contribution in [0.5, 0.6) is 0 Å². The number of carbonyl (C=O) groups excluding carboxylic acids is 1. The fourth-order valence-corrected chi connectivity index (χ4v) is 6.29. The van der Waals surface area contributed by atoms with Crippen molar-refractivity contribution in [1.82, 2.24) is 34.5 Å². The van der Waals surface area contributed by atoms with Crippen molar-refractivity contribution in [2.24, 2.45) is 0 Å². The molecule has 0 spiro atoms. The van der Waals surface area contributed by atoms with Crippen molar-refractivity contribution in [1.29, 1.82) is 0 Å². The second kappa shape index (κ2) is 22.3. The number of allylic oxidation sites excluding steroid dienone is 1. The molecule has 0 atom stereocenters. The summed E-state index contributed by atoms with van der Waals surface area (Å²) in [4.78, 5) is 44.2. The summed E-state index contributed by atoms with van der Waals surface area (Å²) in [6, 6.07) is 13.4.